The smallest absolute Gasteiger partial charge is 0.243 e. The first-order valence-corrected chi connectivity index (χ1v) is 13.0. The van der Waals surface area contributed by atoms with E-state index in [1.54, 1.807) is 39.9 Å². The van der Waals surface area contributed by atoms with Crippen molar-refractivity contribution in [2.24, 2.45) is 0 Å². The van der Waals surface area contributed by atoms with Crippen LogP contribution in [0.1, 0.15) is 49.1 Å². The van der Waals surface area contributed by atoms with Crippen LogP contribution in [-0.4, -0.2) is 49.7 Å². The Labute approximate surface area is 182 Å². The highest BCUT2D eigenvalue weighted by molar-refractivity contribution is 7.89. The molecule has 1 N–H and O–H groups in total. The van der Waals surface area contributed by atoms with Crippen LogP contribution >= 0.6 is 11.3 Å². The van der Waals surface area contributed by atoms with E-state index in [-0.39, 0.29) is 16.8 Å². The molecule has 1 aromatic carbocycles. The number of carbonyl (C=O) groups is 1. The zero-order chi connectivity index (χ0) is 21.1. The Balaban J connectivity index is 1.37. The summed E-state index contributed by atoms with van der Waals surface area (Å²) in [6, 6.07) is 8.93. The van der Waals surface area contributed by atoms with Crippen molar-refractivity contribution in [3.8, 4) is 0 Å². The van der Waals surface area contributed by atoms with Crippen LogP contribution in [0.2, 0.25) is 0 Å². The lowest BCUT2D eigenvalue weighted by Crippen LogP contribution is -2.39. The number of anilines is 1. The van der Waals surface area contributed by atoms with Crippen LogP contribution in [0.3, 0.4) is 0 Å². The minimum atomic E-state index is -3.47. The van der Waals surface area contributed by atoms with Gasteiger partial charge in [-0.05, 0) is 67.5 Å². The number of sulfonamides is 1. The van der Waals surface area contributed by atoms with Crippen LogP contribution < -0.4 is 5.32 Å². The van der Waals surface area contributed by atoms with Gasteiger partial charge in [0.15, 0.2) is 0 Å². The number of benzene rings is 1. The van der Waals surface area contributed by atoms with Crippen molar-refractivity contribution in [3.63, 3.8) is 0 Å². The van der Waals surface area contributed by atoms with Gasteiger partial charge in [-0.15, -0.1) is 11.3 Å². The largest absolute Gasteiger partial charge is 0.325 e. The second-order valence-electron chi connectivity index (χ2n) is 8.09. The van der Waals surface area contributed by atoms with Crippen molar-refractivity contribution in [2.75, 3.05) is 31.5 Å². The van der Waals surface area contributed by atoms with E-state index < -0.39 is 10.0 Å². The van der Waals surface area contributed by atoms with E-state index in [1.807, 2.05) is 0 Å². The van der Waals surface area contributed by atoms with Gasteiger partial charge >= 0.3 is 0 Å². The molecule has 162 valence electrons. The zero-order valence-electron chi connectivity index (χ0n) is 17.3. The number of amides is 1. The summed E-state index contributed by atoms with van der Waals surface area (Å²) < 4.78 is 27.4. The molecule has 4 rings (SSSR count). The van der Waals surface area contributed by atoms with E-state index in [4.69, 9.17) is 0 Å². The van der Waals surface area contributed by atoms with Gasteiger partial charge in [0.05, 0.1) is 11.4 Å². The number of hydrogen-bond acceptors (Lipinski definition) is 5. The molecule has 2 aliphatic heterocycles. The molecule has 0 spiro atoms. The summed E-state index contributed by atoms with van der Waals surface area (Å²) in [5.74, 6) is -0.0799. The Kier molecular flexibility index (Phi) is 6.57. The average Bonchev–Trinajstić information content (AvgIpc) is 3.04. The molecule has 0 saturated carbocycles. The Morgan fingerprint density at radius 3 is 2.47 bits per heavy atom. The maximum atomic E-state index is 12.9. The van der Waals surface area contributed by atoms with Crippen molar-refractivity contribution in [1.29, 1.82) is 0 Å². The van der Waals surface area contributed by atoms with Crippen molar-refractivity contribution < 1.29 is 13.2 Å². The van der Waals surface area contributed by atoms with Gasteiger partial charge in [0.2, 0.25) is 15.9 Å². The molecular weight excluding hydrogens is 418 g/mol. The fraction of sp³-hybridized carbons (Fsp3) is 0.500. The maximum absolute atomic E-state index is 12.9. The Hall–Kier alpha value is -1.74. The van der Waals surface area contributed by atoms with Gasteiger partial charge in [0, 0.05) is 36.2 Å². The third-order valence-electron chi connectivity index (χ3n) is 6.09. The number of carbonyl (C=O) groups excluding carboxylic acids is 1. The monoisotopic (exact) mass is 447 g/mol. The van der Waals surface area contributed by atoms with Gasteiger partial charge in [0.25, 0.3) is 0 Å². The van der Waals surface area contributed by atoms with Gasteiger partial charge in [-0.25, -0.2) is 8.42 Å². The van der Waals surface area contributed by atoms with E-state index >= 15 is 0 Å². The van der Waals surface area contributed by atoms with Gasteiger partial charge < -0.3 is 5.32 Å². The molecule has 30 heavy (non-hydrogen) atoms. The number of fused-ring (bicyclic) bond motifs is 1. The predicted molar refractivity (Wildman–Crippen MR) is 120 cm³/mol. The molecule has 1 fully saturated rings. The first kappa shape index (κ1) is 21.5. The number of rotatable bonds is 5. The first-order chi connectivity index (χ1) is 14.4. The highest BCUT2D eigenvalue weighted by Crippen LogP contribution is 2.32. The number of nitrogens with one attached hydrogen (secondary N) is 1. The van der Waals surface area contributed by atoms with Crippen LogP contribution in [0.25, 0.3) is 0 Å². The Morgan fingerprint density at radius 1 is 1.07 bits per heavy atom. The van der Waals surface area contributed by atoms with Crippen LogP contribution in [-0.2, 0) is 21.2 Å². The molecule has 1 saturated heterocycles. The highest BCUT2D eigenvalue weighted by Gasteiger charge is 2.27. The number of hydrogen-bond donors (Lipinski definition) is 1. The lowest BCUT2D eigenvalue weighted by Gasteiger charge is -2.32. The third-order valence-corrected chi connectivity index (χ3v) is 9.00. The molecule has 1 aromatic heterocycles. The number of nitrogens with zero attached hydrogens (tertiary/aromatic N) is 2. The van der Waals surface area contributed by atoms with E-state index in [0.717, 1.165) is 38.6 Å². The van der Waals surface area contributed by atoms with E-state index in [9.17, 15) is 13.2 Å². The van der Waals surface area contributed by atoms with Crippen LogP contribution in [0.4, 0.5) is 5.69 Å². The summed E-state index contributed by atoms with van der Waals surface area (Å²) in [5.41, 5.74) is 1.94. The fourth-order valence-electron chi connectivity index (χ4n) is 4.30. The van der Waals surface area contributed by atoms with Crippen molar-refractivity contribution in [1.82, 2.24) is 9.21 Å². The van der Waals surface area contributed by atoms with Gasteiger partial charge in [-0.1, -0.05) is 12.8 Å². The van der Waals surface area contributed by atoms with E-state index in [2.05, 4.69) is 28.6 Å². The topological polar surface area (TPSA) is 69.7 Å². The summed E-state index contributed by atoms with van der Waals surface area (Å²) in [6.07, 6.45) is 4.97. The molecule has 0 bridgehead atoms. The SMILES string of the molecule is C[C@H]1c2ccsc2CCN1CC(=O)Nc1ccc(S(=O)(=O)N2CCCCCC2)cc1. The minimum Gasteiger partial charge on any atom is -0.325 e. The fourth-order valence-corrected chi connectivity index (χ4v) is 6.78. The number of thiophene rings is 1. The lowest BCUT2D eigenvalue weighted by molar-refractivity contribution is -0.117. The summed E-state index contributed by atoms with van der Waals surface area (Å²) >= 11 is 1.79. The molecule has 2 aliphatic rings. The molecule has 8 heteroatoms. The molecule has 3 heterocycles. The molecule has 0 radical (unpaired) electrons. The van der Waals surface area contributed by atoms with Crippen molar-refractivity contribution in [3.05, 3.63) is 46.2 Å². The second-order valence-corrected chi connectivity index (χ2v) is 11.0. The Bertz CT molecular complexity index is 977. The van der Waals surface area contributed by atoms with Crippen LogP contribution in [0.5, 0.6) is 0 Å². The van der Waals surface area contributed by atoms with Gasteiger partial charge in [-0.3, -0.25) is 9.69 Å². The average molecular weight is 448 g/mol. The van der Waals surface area contributed by atoms with E-state index in [1.165, 1.54) is 10.4 Å². The lowest BCUT2D eigenvalue weighted by atomic mass is 10.0. The molecular formula is C22H29N3O3S2. The van der Waals surface area contributed by atoms with Gasteiger partial charge in [-0.2, -0.15) is 4.31 Å². The maximum Gasteiger partial charge on any atom is 0.243 e. The summed E-state index contributed by atoms with van der Waals surface area (Å²) in [7, 11) is -3.47. The van der Waals surface area contributed by atoms with E-state index in [0.29, 0.717) is 25.3 Å². The zero-order valence-corrected chi connectivity index (χ0v) is 19.0. The third kappa shape index (κ3) is 4.61. The quantitative estimate of drug-likeness (QED) is 0.755. The molecule has 1 amide bonds. The van der Waals surface area contributed by atoms with Crippen LogP contribution in [0.15, 0.2) is 40.6 Å². The molecule has 6 nitrogen and oxygen atoms in total. The molecule has 1 atom stereocenters. The van der Waals surface area contributed by atoms with Crippen molar-refractivity contribution >= 4 is 33.0 Å². The standard InChI is InChI=1S/C22H29N3O3S2/c1-17-20-11-15-29-21(20)10-14-24(17)16-22(26)23-18-6-8-19(9-7-18)30(27,28)25-12-4-2-3-5-13-25/h6-9,11,15,17H,2-5,10,12-14,16H2,1H3,(H,23,26)/t17-/m0/s1. The summed E-state index contributed by atoms with van der Waals surface area (Å²) in [4.78, 5) is 16.5. The first-order valence-electron chi connectivity index (χ1n) is 10.7. The normalized spacial score (nSPS) is 21.0. The summed E-state index contributed by atoms with van der Waals surface area (Å²) in [6.45, 7) is 4.50. The summed E-state index contributed by atoms with van der Waals surface area (Å²) in [5, 5.41) is 5.03. The molecule has 0 aliphatic carbocycles. The second kappa shape index (κ2) is 9.18. The predicted octanol–water partition coefficient (Wildman–Crippen LogP) is 3.87. The van der Waals surface area contributed by atoms with Crippen molar-refractivity contribution in [2.45, 2.75) is 50.0 Å². The molecule has 0 unspecified atom stereocenters. The Morgan fingerprint density at radius 2 is 1.77 bits per heavy atom. The van der Waals surface area contributed by atoms with Crippen LogP contribution in [0, 0.1) is 0 Å². The highest BCUT2D eigenvalue weighted by atomic mass is 32.2. The van der Waals surface area contributed by atoms with Gasteiger partial charge in [0.1, 0.15) is 0 Å². The molecule has 2 aromatic rings. The minimum absolute atomic E-state index is 0.0799.